The second-order valence-corrected chi connectivity index (χ2v) is 5.48. The maximum atomic E-state index is 12.0. The van der Waals surface area contributed by atoms with Gasteiger partial charge in [0.1, 0.15) is 0 Å². The molecule has 0 aliphatic heterocycles. The van der Waals surface area contributed by atoms with E-state index < -0.39 is 0 Å². The van der Waals surface area contributed by atoms with Gasteiger partial charge in [-0.3, -0.25) is 9.36 Å². The van der Waals surface area contributed by atoms with Gasteiger partial charge in [-0.15, -0.1) is 0 Å². The molecule has 0 atom stereocenters. The number of hydrogen-bond donors (Lipinski definition) is 0. The average molecular weight is 294 g/mol. The number of benzene rings is 2. The minimum Gasteiger partial charge on any atom is -0.412 e. The Kier molecular flexibility index (Phi) is 4.04. The first kappa shape index (κ1) is 13.8. The van der Waals surface area contributed by atoms with E-state index in [4.69, 9.17) is 11.6 Å². The van der Waals surface area contributed by atoms with Gasteiger partial charge in [-0.1, -0.05) is 47.2 Å². The number of hydrogen-bond acceptors (Lipinski definition) is 2. The molecule has 1 heterocycles. The summed E-state index contributed by atoms with van der Waals surface area (Å²) in [4.78, 5) is 12.0. The van der Waals surface area contributed by atoms with E-state index in [9.17, 15) is 4.79 Å². The summed E-state index contributed by atoms with van der Waals surface area (Å²) in [6, 6.07) is 15.4. The fourth-order valence-electron chi connectivity index (χ4n) is 1.98. The number of thiazole rings is 1. The minimum absolute atomic E-state index is 0. The van der Waals surface area contributed by atoms with Gasteiger partial charge >= 0.3 is 4.87 Å². The normalized spacial score (nSPS) is 10.4. The van der Waals surface area contributed by atoms with Gasteiger partial charge in [0.05, 0.1) is 16.8 Å². The zero-order valence-corrected chi connectivity index (χ0v) is 11.5. The van der Waals surface area contributed by atoms with Crippen LogP contribution in [-0.2, 0) is 6.54 Å². The average Bonchev–Trinajstić information content (AvgIpc) is 2.66. The van der Waals surface area contributed by atoms with Crippen molar-refractivity contribution in [1.29, 1.82) is 0 Å². The van der Waals surface area contributed by atoms with Gasteiger partial charge in [0, 0.05) is 5.02 Å². The third-order valence-corrected chi connectivity index (χ3v) is 4.00. The number of nitrogens with zero attached hydrogens (tertiary/aromatic N) is 1. The molecule has 5 heteroatoms. The van der Waals surface area contributed by atoms with Crippen LogP contribution in [0.5, 0.6) is 0 Å². The van der Waals surface area contributed by atoms with Crippen molar-refractivity contribution in [3.63, 3.8) is 0 Å². The third-order valence-electron chi connectivity index (χ3n) is 2.80. The summed E-state index contributed by atoms with van der Waals surface area (Å²) in [5, 5.41) is 0.695. The molecule has 3 rings (SSSR count). The molecule has 3 aromatic rings. The zero-order chi connectivity index (χ0) is 12.5. The van der Waals surface area contributed by atoms with Crippen LogP contribution >= 0.6 is 22.9 Å². The van der Waals surface area contributed by atoms with E-state index >= 15 is 0 Å². The van der Waals surface area contributed by atoms with E-state index in [1.54, 1.807) is 4.57 Å². The van der Waals surface area contributed by atoms with Gasteiger partial charge in [0.25, 0.3) is 0 Å². The number of para-hydroxylation sites is 1. The molecule has 0 fully saturated rings. The fourth-order valence-corrected chi connectivity index (χ4v) is 3.09. The van der Waals surface area contributed by atoms with Crippen LogP contribution in [0.1, 0.15) is 5.56 Å². The summed E-state index contributed by atoms with van der Waals surface area (Å²) in [7, 11) is 0. The summed E-state index contributed by atoms with van der Waals surface area (Å²) in [6.45, 7) is 0.559. The van der Waals surface area contributed by atoms with Crippen molar-refractivity contribution >= 4 is 33.2 Å². The molecule has 0 aliphatic carbocycles. The van der Waals surface area contributed by atoms with E-state index in [1.807, 2.05) is 48.5 Å². The predicted molar refractivity (Wildman–Crippen MR) is 80.3 cm³/mol. The number of aromatic nitrogens is 1. The van der Waals surface area contributed by atoms with Crippen LogP contribution in [0, 0.1) is 0 Å². The van der Waals surface area contributed by atoms with Crippen molar-refractivity contribution in [2.24, 2.45) is 0 Å². The number of halogens is 1. The Hall–Kier alpha value is -1.62. The van der Waals surface area contributed by atoms with Crippen molar-refractivity contribution in [2.45, 2.75) is 6.54 Å². The predicted octanol–water partition coefficient (Wildman–Crippen LogP) is 2.94. The van der Waals surface area contributed by atoms with Gasteiger partial charge in [0.15, 0.2) is 0 Å². The van der Waals surface area contributed by atoms with E-state index in [0.717, 1.165) is 15.8 Å². The lowest BCUT2D eigenvalue weighted by Crippen LogP contribution is -2.13. The van der Waals surface area contributed by atoms with E-state index in [2.05, 4.69) is 0 Å². The Balaban J connectivity index is 0.00000133. The topological polar surface area (TPSA) is 53.5 Å². The minimum atomic E-state index is 0. The summed E-state index contributed by atoms with van der Waals surface area (Å²) >= 11 is 7.23. The van der Waals surface area contributed by atoms with Crippen LogP contribution in [0.4, 0.5) is 0 Å². The van der Waals surface area contributed by atoms with Crippen LogP contribution in [0.3, 0.4) is 0 Å². The van der Waals surface area contributed by atoms with Gasteiger partial charge in [-0.05, 0) is 29.8 Å². The summed E-state index contributed by atoms with van der Waals surface area (Å²) in [5.41, 5.74) is 2.01. The Morgan fingerprint density at radius 1 is 1.11 bits per heavy atom. The molecule has 3 nitrogen and oxygen atoms in total. The van der Waals surface area contributed by atoms with Gasteiger partial charge in [-0.2, -0.15) is 0 Å². The highest BCUT2D eigenvalue weighted by Gasteiger charge is 2.07. The van der Waals surface area contributed by atoms with Crippen LogP contribution < -0.4 is 4.87 Å². The molecule has 0 spiro atoms. The standard InChI is InChI=1S/C14H10ClNOS.H2O/c15-11-5-3-4-10(8-11)9-16-12-6-1-2-7-13(12)18-14(16)17;/h1-8H,9H2;1H2. The number of rotatable bonds is 2. The van der Waals surface area contributed by atoms with Crippen LogP contribution in [-0.4, -0.2) is 10.0 Å². The molecule has 2 aromatic carbocycles. The van der Waals surface area contributed by atoms with Crippen molar-refractivity contribution in [1.82, 2.24) is 4.57 Å². The highest BCUT2D eigenvalue weighted by atomic mass is 35.5. The van der Waals surface area contributed by atoms with Gasteiger partial charge in [-0.25, -0.2) is 0 Å². The fraction of sp³-hybridized carbons (Fsp3) is 0.0714. The van der Waals surface area contributed by atoms with Gasteiger partial charge in [0.2, 0.25) is 0 Å². The van der Waals surface area contributed by atoms with E-state index in [-0.39, 0.29) is 10.3 Å². The first-order valence-electron chi connectivity index (χ1n) is 5.57. The van der Waals surface area contributed by atoms with E-state index in [1.165, 1.54) is 11.3 Å². The molecular weight excluding hydrogens is 282 g/mol. The quantitative estimate of drug-likeness (QED) is 0.717. The monoisotopic (exact) mass is 293 g/mol. The molecule has 19 heavy (non-hydrogen) atoms. The second kappa shape index (κ2) is 5.57. The molecule has 0 saturated carbocycles. The largest absolute Gasteiger partial charge is 0.412 e. The smallest absolute Gasteiger partial charge is 0.308 e. The lowest BCUT2D eigenvalue weighted by Gasteiger charge is -2.04. The highest BCUT2D eigenvalue weighted by Crippen LogP contribution is 2.18. The molecule has 2 N–H and O–H groups in total. The van der Waals surface area contributed by atoms with Crippen LogP contribution in [0.25, 0.3) is 10.2 Å². The molecule has 0 bridgehead atoms. The SMILES string of the molecule is O.O=c1sc2ccccc2n1Cc1cccc(Cl)c1. The maximum absolute atomic E-state index is 12.0. The van der Waals surface area contributed by atoms with Crippen molar-refractivity contribution in [2.75, 3.05) is 0 Å². The Morgan fingerprint density at radius 2 is 1.89 bits per heavy atom. The van der Waals surface area contributed by atoms with Crippen molar-refractivity contribution in [3.05, 3.63) is 68.8 Å². The third kappa shape index (κ3) is 2.71. The summed E-state index contributed by atoms with van der Waals surface area (Å²) < 4.78 is 2.80. The number of fused-ring (bicyclic) bond motifs is 1. The zero-order valence-electron chi connectivity index (χ0n) is 9.97. The second-order valence-electron chi connectivity index (χ2n) is 4.05. The van der Waals surface area contributed by atoms with Crippen LogP contribution in [0.2, 0.25) is 5.02 Å². The summed E-state index contributed by atoms with van der Waals surface area (Å²) in [5.74, 6) is 0. The molecule has 0 saturated heterocycles. The molecule has 0 amide bonds. The Labute approximate surface area is 119 Å². The maximum Gasteiger partial charge on any atom is 0.308 e. The highest BCUT2D eigenvalue weighted by molar-refractivity contribution is 7.16. The van der Waals surface area contributed by atoms with Gasteiger partial charge < -0.3 is 5.48 Å². The molecule has 0 aliphatic rings. The molecule has 0 unspecified atom stereocenters. The molecule has 1 aromatic heterocycles. The van der Waals surface area contributed by atoms with Crippen molar-refractivity contribution < 1.29 is 5.48 Å². The lowest BCUT2D eigenvalue weighted by atomic mass is 10.2. The Bertz CT molecular complexity index is 763. The Morgan fingerprint density at radius 3 is 2.68 bits per heavy atom. The first-order chi connectivity index (χ1) is 8.74. The van der Waals surface area contributed by atoms with Crippen LogP contribution in [0.15, 0.2) is 53.3 Å². The summed E-state index contributed by atoms with van der Waals surface area (Å²) in [6.07, 6.45) is 0. The lowest BCUT2D eigenvalue weighted by molar-refractivity contribution is 0.816. The first-order valence-corrected chi connectivity index (χ1v) is 6.76. The van der Waals surface area contributed by atoms with E-state index in [0.29, 0.717) is 11.6 Å². The molecular formula is C14H12ClNO2S. The van der Waals surface area contributed by atoms with Crippen molar-refractivity contribution in [3.8, 4) is 0 Å². The molecule has 0 radical (unpaired) electrons. The molecule has 98 valence electrons.